The second kappa shape index (κ2) is 5.24. The normalized spacial score (nSPS) is 19.7. The summed E-state index contributed by atoms with van der Waals surface area (Å²) in [7, 11) is 0. The third-order valence-electron chi connectivity index (χ3n) is 1.52. The molecule has 0 aliphatic heterocycles. The average molecular weight is 173 g/mol. The van der Waals surface area contributed by atoms with E-state index in [2.05, 4.69) is 0 Å². The maximum absolute atomic E-state index is 8.83. The van der Waals surface area contributed by atoms with Gasteiger partial charge in [-0.1, -0.05) is 6.92 Å². The van der Waals surface area contributed by atoms with Crippen molar-refractivity contribution in [3.8, 4) is 0 Å². The van der Waals surface area contributed by atoms with Gasteiger partial charge in [0.05, 0.1) is 12.2 Å². The van der Waals surface area contributed by atoms with E-state index in [0.29, 0.717) is 0 Å². The van der Waals surface area contributed by atoms with Crippen molar-refractivity contribution in [2.24, 2.45) is 5.92 Å². The Morgan fingerprint density at radius 2 is 1.11 bits per heavy atom. The van der Waals surface area contributed by atoms with Gasteiger partial charge in [-0.2, -0.15) is 0 Å². The fraction of sp³-hybridized carbons (Fsp3) is 1.00. The molecule has 0 rings (SSSR count). The second-order valence-electron chi connectivity index (χ2n) is 2.34. The van der Waals surface area contributed by atoms with Crippen molar-refractivity contribution in [3.05, 3.63) is 0 Å². The van der Waals surface area contributed by atoms with Gasteiger partial charge in [0.1, 0.15) is 0 Å². The van der Waals surface area contributed by atoms with E-state index in [0.717, 1.165) is 0 Å². The predicted octanol–water partition coefficient (Wildman–Crippen LogP) is 0.382. The summed E-state index contributed by atoms with van der Waals surface area (Å²) >= 11 is 0. The van der Waals surface area contributed by atoms with E-state index < -0.39 is 12.2 Å². The number of hydrogen-bond acceptors (Lipinski definition) is 2. The molecule has 0 saturated heterocycles. The molecule has 0 aliphatic carbocycles. The summed E-state index contributed by atoms with van der Waals surface area (Å²) in [6, 6.07) is 0. The van der Waals surface area contributed by atoms with E-state index in [1.54, 1.807) is 13.8 Å². The Labute approximate surface area is 66.7 Å². The summed E-state index contributed by atoms with van der Waals surface area (Å²) in [5.74, 6) is -0.0185. The monoisotopic (exact) mass is 173 g/mol. The molecule has 0 bridgehead atoms. The molecule has 0 spiro atoms. The van der Waals surface area contributed by atoms with Crippen molar-refractivity contribution >= 4 is 0 Å². The van der Waals surface area contributed by atoms with E-state index in [9.17, 15) is 0 Å². The Morgan fingerprint density at radius 1 is 0.889 bits per heavy atom. The van der Waals surface area contributed by atoms with Crippen LogP contribution in [0.1, 0.15) is 20.8 Å². The van der Waals surface area contributed by atoms with Crippen LogP contribution >= 0.6 is 0 Å². The minimum Gasteiger partial charge on any atom is -0.393 e. The molecule has 9 heavy (non-hydrogen) atoms. The summed E-state index contributed by atoms with van der Waals surface area (Å²) in [4.78, 5) is 0. The van der Waals surface area contributed by atoms with Gasteiger partial charge in [-0.15, -0.1) is 0 Å². The van der Waals surface area contributed by atoms with Crippen LogP contribution < -0.4 is 0 Å². The van der Waals surface area contributed by atoms with Crippen molar-refractivity contribution < 1.29 is 27.3 Å². The molecule has 0 aromatic rings. The molecule has 0 fully saturated rings. The van der Waals surface area contributed by atoms with Gasteiger partial charge >= 0.3 is 0 Å². The number of aliphatic hydroxyl groups excluding tert-OH is 2. The molecule has 57 valence electrons. The first-order chi connectivity index (χ1) is 3.55. The Morgan fingerprint density at radius 3 is 1.11 bits per heavy atom. The molecule has 0 saturated carbocycles. The molecule has 0 heterocycles. The quantitative estimate of drug-likeness (QED) is 0.592. The van der Waals surface area contributed by atoms with Crippen LogP contribution in [0.15, 0.2) is 0 Å². The van der Waals surface area contributed by atoms with Crippen molar-refractivity contribution in [1.82, 2.24) is 0 Å². The smallest absolute Gasteiger partial charge is 0.0562 e. The number of hydrogen-bond donors (Lipinski definition) is 2. The molecule has 2 N–H and O–H groups in total. The molecule has 1 radical (unpaired) electrons. The third-order valence-corrected chi connectivity index (χ3v) is 1.52. The van der Waals surface area contributed by atoms with Gasteiger partial charge in [-0.25, -0.2) is 0 Å². The minimum absolute atomic E-state index is 0. The van der Waals surface area contributed by atoms with Crippen molar-refractivity contribution in [1.29, 1.82) is 0 Å². The Bertz CT molecular complexity index is 56.1. The first-order valence-electron chi connectivity index (χ1n) is 2.92. The van der Waals surface area contributed by atoms with Gasteiger partial charge in [-0.05, 0) is 13.8 Å². The summed E-state index contributed by atoms with van der Waals surface area (Å²) < 4.78 is 0. The Kier molecular flexibility index (Phi) is 7.08. The van der Waals surface area contributed by atoms with Crippen molar-refractivity contribution in [3.63, 3.8) is 0 Å². The zero-order chi connectivity index (χ0) is 6.73. The molecular weight excluding hydrogens is 159 g/mol. The van der Waals surface area contributed by atoms with Gasteiger partial charge < -0.3 is 10.2 Å². The molecule has 2 atom stereocenters. The standard InChI is InChI=1S/C6H14O2.Mn/c1-4(5(2)7)6(3)8;/h4-8H,1-3H3;. The van der Waals surface area contributed by atoms with E-state index in [4.69, 9.17) is 10.2 Å². The van der Waals surface area contributed by atoms with Crippen LogP contribution in [0.4, 0.5) is 0 Å². The summed E-state index contributed by atoms with van der Waals surface area (Å²) in [5.41, 5.74) is 0. The van der Waals surface area contributed by atoms with Gasteiger partial charge in [0.2, 0.25) is 0 Å². The van der Waals surface area contributed by atoms with Crippen molar-refractivity contribution in [2.45, 2.75) is 33.0 Å². The first-order valence-corrected chi connectivity index (χ1v) is 2.92. The van der Waals surface area contributed by atoms with Gasteiger partial charge in [0.15, 0.2) is 0 Å². The molecule has 0 aromatic heterocycles. The zero-order valence-corrected chi connectivity index (χ0v) is 7.18. The fourth-order valence-corrected chi connectivity index (χ4v) is 0.403. The van der Waals surface area contributed by atoms with E-state index in [1.165, 1.54) is 0 Å². The molecule has 0 aromatic carbocycles. The number of aliphatic hydroxyl groups is 2. The average Bonchev–Trinajstić information content (AvgIpc) is 1.64. The number of rotatable bonds is 2. The largest absolute Gasteiger partial charge is 0.393 e. The van der Waals surface area contributed by atoms with Crippen LogP contribution in [-0.2, 0) is 17.1 Å². The van der Waals surface area contributed by atoms with E-state index >= 15 is 0 Å². The van der Waals surface area contributed by atoms with E-state index in [1.807, 2.05) is 6.92 Å². The second-order valence-corrected chi connectivity index (χ2v) is 2.34. The Hall–Kier alpha value is 0.439. The third kappa shape index (κ3) is 4.91. The van der Waals surface area contributed by atoms with Crippen LogP contribution in [0.3, 0.4) is 0 Å². The molecule has 3 heteroatoms. The summed E-state index contributed by atoms with van der Waals surface area (Å²) in [6.07, 6.45) is -0.815. The SMILES string of the molecule is CC(O)C(C)C(C)O.[Mn]. The van der Waals surface area contributed by atoms with Crippen LogP contribution in [0.2, 0.25) is 0 Å². The summed E-state index contributed by atoms with van der Waals surface area (Å²) in [5, 5.41) is 17.7. The molecular formula is C6H14MnO2. The Balaban J connectivity index is 0. The zero-order valence-electron chi connectivity index (χ0n) is 6.00. The van der Waals surface area contributed by atoms with E-state index in [-0.39, 0.29) is 23.0 Å². The van der Waals surface area contributed by atoms with Gasteiger partial charge in [-0.3, -0.25) is 0 Å². The first kappa shape index (κ1) is 12.1. The van der Waals surface area contributed by atoms with Gasteiger partial charge in [0.25, 0.3) is 0 Å². The molecule has 0 aliphatic rings. The maximum Gasteiger partial charge on any atom is 0.0562 e. The van der Waals surface area contributed by atoms with Crippen LogP contribution in [0.25, 0.3) is 0 Å². The summed E-state index contributed by atoms with van der Waals surface area (Å²) in [6.45, 7) is 5.17. The minimum atomic E-state index is -0.407. The predicted molar refractivity (Wildman–Crippen MR) is 32.5 cm³/mol. The van der Waals surface area contributed by atoms with Gasteiger partial charge in [0, 0.05) is 23.0 Å². The van der Waals surface area contributed by atoms with Crippen LogP contribution in [-0.4, -0.2) is 22.4 Å². The topological polar surface area (TPSA) is 40.5 Å². The molecule has 2 unspecified atom stereocenters. The van der Waals surface area contributed by atoms with Crippen LogP contribution in [0.5, 0.6) is 0 Å². The molecule has 0 amide bonds. The maximum atomic E-state index is 8.83. The fourth-order valence-electron chi connectivity index (χ4n) is 0.403. The van der Waals surface area contributed by atoms with Crippen LogP contribution in [0, 0.1) is 5.92 Å². The molecule has 2 nitrogen and oxygen atoms in total. The van der Waals surface area contributed by atoms with Crippen molar-refractivity contribution in [2.75, 3.05) is 0 Å².